The highest BCUT2D eigenvalue weighted by molar-refractivity contribution is 5.82. The first-order valence-electron chi connectivity index (χ1n) is 4.72. The molecule has 0 aromatic carbocycles. The molecule has 0 bridgehead atoms. The molecule has 1 aliphatic heterocycles. The lowest BCUT2D eigenvalue weighted by Crippen LogP contribution is -2.29. The standard InChI is InChI=1S/C10H13NO3/c1-3-13-10(12)7-4-8-9(11-7)6(2)5-14-8/h5,7,11H,3-4H2,1-2H3. The number of ether oxygens (including phenoxy) is 1. The molecule has 1 aromatic rings. The lowest BCUT2D eigenvalue weighted by molar-refractivity contribution is -0.143. The second-order valence-electron chi connectivity index (χ2n) is 3.37. The molecule has 0 saturated carbocycles. The highest BCUT2D eigenvalue weighted by Gasteiger charge is 2.31. The molecule has 0 radical (unpaired) electrons. The summed E-state index contributed by atoms with van der Waals surface area (Å²) in [5.41, 5.74) is 1.98. The number of anilines is 1. The molecule has 0 fully saturated rings. The molecule has 1 aromatic heterocycles. The van der Waals surface area contributed by atoms with Crippen LogP contribution in [-0.4, -0.2) is 18.6 Å². The van der Waals surface area contributed by atoms with Crippen molar-refractivity contribution in [3.05, 3.63) is 17.6 Å². The van der Waals surface area contributed by atoms with Crippen LogP contribution < -0.4 is 5.32 Å². The fourth-order valence-corrected chi connectivity index (χ4v) is 1.64. The number of hydrogen-bond donors (Lipinski definition) is 1. The number of rotatable bonds is 2. The molecule has 0 aliphatic carbocycles. The third-order valence-electron chi connectivity index (χ3n) is 2.33. The molecule has 1 aliphatic rings. The van der Waals surface area contributed by atoms with Crippen LogP contribution >= 0.6 is 0 Å². The smallest absolute Gasteiger partial charge is 0.329 e. The van der Waals surface area contributed by atoms with Gasteiger partial charge in [-0.3, -0.25) is 0 Å². The maximum Gasteiger partial charge on any atom is 0.329 e. The second kappa shape index (κ2) is 3.36. The van der Waals surface area contributed by atoms with Gasteiger partial charge in [-0.1, -0.05) is 0 Å². The van der Waals surface area contributed by atoms with E-state index < -0.39 is 0 Å². The van der Waals surface area contributed by atoms with Gasteiger partial charge in [0.15, 0.2) is 0 Å². The Balaban J connectivity index is 2.08. The number of esters is 1. The molecule has 4 heteroatoms. The van der Waals surface area contributed by atoms with Crippen molar-refractivity contribution in [1.29, 1.82) is 0 Å². The van der Waals surface area contributed by atoms with Gasteiger partial charge in [0.25, 0.3) is 0 Å². The largest absolute Gasteiger partial charge is 0.467 e. The molecule has 0 spiro atoms. The van der Waals surface area contributed by atoms with Gasteiger partial charge in [0.05, 0.1) is 18.6 Å². The quantitative estimate of drug-likeness (QED) is 0.726. The Labute approximate surface area is 82.2 Å². The van der Waals surface area contributed by atoms with Crippen LogP contribution in [0, 0.1) is 6.92 Å². The Kier molecular flexibility index (Phi) is 2.19. The van der Waals surface area contributed by atoms with Crippen molar-refractivity contribution in [2.75, 3.05) is 11.9 Å². The molecule has 2 heterocycles. The lowest BCUT2D eigenvalue weighted by Gasteiger charge is -2.09. The summed E-state index contributed by atoms with van der Waals surface area (Å²) in [6.45, 7) is 4.16. The minimum absolute atomic E-state index is 0.210. The summed E-state index contributed by atoms with van der Waals surface area (Å²) in [5.74, 6) is 0.638. The molecule has 0 amide bonds. The van der Waals surface area contributed by atoms with Gasteiger partial charge in [-0.05, 0) is 13.8 Å². The molecule has 76 valence electrons. The summed E-state index contributed by atoms with van der Waals surface area (Å²) < 4.78 is 10.2. The SMILES string of the molecule is CCOC(=O)C1Cc2occ(C)c2N1. The van der Waals surface area contributed by atoms with E-state index in [4.69, 9.17) is 9.15 Å². The highest BCUT2D eigenvalue weighted by atomic mass is 16.5. The zero-order valence-corrected chi connectivity index (χ0v) is 8.29. The summed E-state index contributed by atoms with van der Waals surface area (Å²) in [7, 11) is 0. The zero-order valence-electron chi connectivity index (χ0n) is 8.29. The number of furan rings is 1. The summed E-state index contributed by atoms with van der Waals surface area (Å²) in [5, 5.41) is 3.10. The highest BCUT2D eigenvalue weighted by Crippen LogP contribution is 2.30. The molecular weight excluding hydrogens is 182 g/mol. The van der Waals surface area contributed by atoms with E-state index in [9.17, 15) is 4.79 Å². The maximum absolute atomic E-state index is 11.4. The lowest BCUT2D eigenvalue weighted by atomic mass is 10.2. The van der Waals surface area contributed by atoms with Crippen molar-refractivity contribution in [1.82, 2.24) is 0 Å². The Morgan fingerprint density at radius 1 is 1.79 bits per heavy atom. The number of fused-ring (bicyclic) bond motifs is 1. The van der Waals surface area contributed by atoms with Gasteiger partial charge in [-0.25, -0.2) is 4.79 Å². The minimum Gasteiger partial charge on any atom is -0.467 e. The normalized spacial score (nSPS) is 18.9. The van der Waals surface area contributed by atoms with Crippen molar-refractivity contribution < 1.29 is 13.9 Å². The van der Waals surface area contributed by atoms with E-state index in [1.54, 1.807) is 13.2 Å². The Morgan fingerprint density at radius 3 is 3.21 bits per heavy atom. The molecule has 0 saturated heterocycles. The first-order chi connectivity index (χ1) is 6.72. The maximum atomic E-state index is 11.4. The Morgan fingerprint density at radius 2 is 2.57 bits per heavy atom. The summed E-state index contributed by atoms with van der Waals surface area (Å²) in [4.78, 5) is 11.4. The van der Waals surface area contributed by atoms with Gasteiger partial charge in [0, 0.05) is 12.0 Å². The number of carbonyl (C=O) groups excluding carboxylic acids is 1. The monoisotopic (exact) mass is 195 g/mol. The van der Waals surface area contributed by atoms with Gasteiger partial charge in [-0.15, -0.1) is 0 Å². The van der Waals surface area contributed by atoms with E-state index in [0.717, 1.165) is 17.0 Å². The van der Waals surface area contributed by atoms with Crippen molar-refractivity contribution in [3.8, 4) is 0 Å². The second-order valence-corrected chi connectivity index (χ2v) is 3.37. The average molecular weight is 195 g/mol. The fourth-order valence-electron chi connectivity index (χ4n) is 1.64. The minimum atomic E-state index is -0.274. The number of nitrogens with one attached hydrogen (secondary N) is 1. The topological polar surface area (TPSA) is 51.5 Å². The van der Waals surface area contributed by atoms with E-state index in [-0.39, 0.29) is 12.0 Å². The molecular formula is C10H13NO3. The van der Waals surface area contributed by atoms with Gasteiger partial charge in [0.2, 0.25) is 0 Å². The van der Waals surface area contributed by atoms with Gasteiger partial charge in [0.1, 0.15) is 11.8 Å². The van der Waals surface area contributed by atoms with Gasteiger partial charge >= 0.3 is 5.97 Å². The first-order valence-corrected chi connectivity index (χ1v) is 4.72. The zero-order chi connectivity index (χ0) is 10.1. The van der Waals surface area contributed by atoms with Crippen LogP contribution in [0.15, 0.2) is 10.7 Å². The van der Waals surface area contributed by atoms with Gasteiger partial charge < -0.3 is 14.5 Å². The summed E-state index contributed by atoms with van der Waals surface area (Å²) in [6, 6.07) is -0.274. The predicted molar refractivity (Wildman–Crippen MR) is 51.2 cm³/mol. The van der Waals surface area contributed by atoms with E-state index in [0.29, 0.717) is 13.0 Å². The Hall–Kier alpha value is -1.45. The van der Waals surface area contributed by atoms with E-state index >= 15 is 0 Å². The molecule has 1 N–H and O–H groups in total. The molecule has 1 atom stereocenters. The summed E-state index contributed by atoms with van der Waals surface area (Å²) in [6.07, 6.45) is 2.28. The molecule has 14 heavy (non-hydrogen) atoms. The van der Waals surface area contributed by atoms with Crippen LogP contribution in [0.1, 0.15) is 18.2 Å². The number of hydrogen-bond acceptors (Lipinski definition) is 4. The fraction of sp³-hybridized carbons (Fsp3) is 0.500. The third kappa shape index (κ3) is 1.36. The van der Waals surface area contributed by atoms with Crippen LogP contribution in [0.3, 0.4) is 0 Å². The first kappa shape index (κ1) is 9.12. The molecule has 1 unspecified atom stereocenters. The predicted octanol–water partition coefficient (Wildman–Crippen LogP) is 1.49. The van der Waals surface area contributed by atoms with E-state index in [2.05, 4.69) is 5.32 Å². The van der Waals surface area contributed by atoms with Crippen LogP contribution in [-0.2, 0) is 16.0 Å². The van der Waals surface area contributed by atoms with Crippen LogP contribution in [0.4, 0.5) is 5.69 Å². The Bertz CT molecular complexity index is 356. The van der Waals surface area contributed by atoms with Crippen molar-refractivity contribution >= 4 is 11.7 Å². The van der Waals surface area contributed by atoms with Crippen molar-refractivity contribution in [2.45, 2.75) is 26.3 Å². The van der Waals surface area contributed by atoms with E-state index in [1.807, 2.05) is 6.92 Å². The van der Waals surface area contributed by atoms with Crippen LogP contribution in [0.5, 0.6) is 0 Å². The number of carbonyl (C=O) groups is 1. The molecule has 2 rings (SSSR count). The third-order valence-corrected chi connectivity index (χ3v) is 2.33. The molecule has 4 nitrogen and oxygen atoms in total. The van der Waals surface area contributed by atoms with E-state index in [1.165, 1.54) is 0 Å². The van der Waals surface area contributed by atoms with Crippen LogP contribution in [0.2, 0.25) is 0 Å². The van der Waals surface area contributed by atoms with Crippen molar-refractivity contribution in [2.24, 2.45) is 0 Å². The number of aryl methyl sites for hydroxylation is 1. The van der Waals surface area contributed by atoms with Crippen molar-refractivity contribution in [3.63, 3.8) is 0 Å². The van der Waals surface area contributed by atoms with Crippen LogP contribution in [0.25, 0.3) is 0 Å². The van der Waals surface area contributed by atoms with Gasteiger partial charge in [-0.2, -0.15) is 0 Å². The average Bonchev–Trinajstić information content (AvgIpc) is 2.69. The summed E-state index contributed by atoms with van der Waals surface area (Å²) >= 11 is 0.